The number of benzene rings is 1. The van der Waals surface area contributed by atoms with E-state index in [2.05, 4.69) is 0 Å². The van der Waals surface area contributed by atoms with Crippen LogP contribution < -0.4 is 4.74 Å². The SMILES string of the molecule is COc1ccccc1CN(C(=O)CCCCO)C1CC1. The summed E-state index contributed by atoms with van der Waals surface area (Å²) in [4.78, 5) is 14.3. The summed E-state index contributed by atoms with van der Waals surface area (Å²) in [5.41, 5.74) is 1.05. The first-order chi connectivity index (χ1) is 9.76. The second-order valence-electron chi connectivity index (χ2n) is 5.25. The molecule has 20 heavy (non-hydrogen) atoms. The number of ether oxygens (including phenoxy) is 1. The summed E-state index contributed by atoms with van der Waals surface area (Å²) in [6.07, 6.45) is 4.16. The van der Waals surface area contributed by atoms with Gasteiger partial charge in [0.05, 0.1) is 7.11 Å². The Bertz CT molecular complexity index is 443. The molecule has 0 aliphatic heterocycles. The van der Waals surface area contributed by atoms with Crippen molar-refractivity contribution in [1.29, 1.82) is 0 Å². The van der Waals surface area contributed by atoms with Gasteiger partial charge in [0.1, 0.15) is 5.75 Å². The summed E-state index contributed by atoms with van der Waals surface area (Å²) in [6.45, 7) is 0.774. The molecular formula is C16H23NO3. The molecule has 0 unspecified atom stereocenters. The zero-order valence-electron chi connectivity index (χ0n) is 12.0. The standard InChI is InChI=1S/C16H23NO3/c1-20-15-7-3-2-6-13(15)12-17(14-9-10-14)16(19)8-4-5-11-18/h2-3,6-7,14,18H,4-5,8-12H2,1H3. The van der Waals surface area contributed by atoms with E-state index >= 15 is 0 Å². The molecule has 0 radical (unpaired) electrons. The average Bonchev–Trinajstić information content (AvgIpc) is 3.29. The predicted octanol–water partition coefficient (Wildman–Crippen LogP) is 2.35. The molecule has 1 saturated carbocycles. The number of carbonyl (C=O) groups is 1. The van der Waals surface area contributed by atoms with Gasteiger partial charge in [0, 0.05) is 31.2 Å². The Kier molecular flexibility index (Phi) is 5.41. The number of hydrogen-bond donors (Lipinski definition) is 1. The fraction of sp³-hybridized carbons (Fsp3) is 0.562. The van der Waals surface area contributed by atoms with Crippen LogP contribution in [0.2, 0.25) is 0 Å². The number of unbranched alkanes of at least 4 members (excludes halogenated alkanes) is 1. The van der Waals surface area contributed by atoms with E-state index in [1.807, 2.05) is 29.2 Å². The van der Waals surface area contributed by atoms with E-state index in [-0.39, 0.29) is 12.5 Å². The van der Waals surface area contributed by atoms with Gasteiger partial charge in [0.25, 0.3) is 0 Å². The smallest absolute Gasteiger partial charge is 0.223 e. The molecule has 1 aliphatic rings. The van der Waals surface area contributed by atoms with Gasteiger partial charge in [0.2, 0.25) is 5.91 Å². The lowest BCUT2D eigenvalue weighted by molar-refractivity contribution is -0.132. The van der Waals surface area contributed by atoms with Crippen molar-refractivity contribution in [3.8, 4) is 5.75 Å². The molecule has 4 heteroatoms. The fourth-order valence-electron chi connectivity index (χ4n) is 2.36. The van der Waals surface area contributed by atoms with Gasteiger partial charge < -0.3 is 14.7 Å². The number of nitrogens with zero attached hydrogens (tertiary/aromatic N) is 1. The second-order valence-corrected chi connectivity index (χ2v) is 5.25. The number of aliphatic hydroxyl groups excluding tert-OH is 1. The molecule has 0 saturated heterocycles. The highest BCUT2D eigenvalue weighted by atomic mass is 16.5. The normalized spacial score (nSPS) is 14.1. The number of carbonyl (C=O) groups excluding carboxylic acids is 1. The molecule has 110 valence electrons. The first-order valence-electron chi connectivity index (χ1n) is 7.28. The van der Waals surface area contributed by atoms with Crippen LogP contribution in [-0.4, -0.2) is 35.7 Å². The van der Waals surface area contributed by atoms with Crippen LogP contribution in [0.15, 0.2) is 24.3 Å². The third-order valence-electron chi connectivity index (χ3n) is 3.64. The summed E-state index contributed by atoms with van der Waals surface area (Å²) >= 11 is 0. The van der Waals surface area contributed by atoms with E-state index in [1.54, 1.807) is 7.11 Å². The Morgan fingerprint density at radius 2 is 2.10 bits per heavy atom. The van der Waals surface area contributed by atoms with Crippen molar-refractivity contribution in [2.24, 2.45) is 0 Å². The quantitative estimate of drug-likeness (QED) is 0.742. The molecule has 1 N–H and O–H groups in total. The van der Waals surface area contributed by atoms with Crippen LogP contribution in [0.1, 0.15) is 37.7 Å². The zero-order valence-corrected chi connectivity index (χ0v) is 12.0. The van der Waals surface area contributed by atoms with E-state index in [1.165, 1.54) is 0 Å². The summed E-state index contributed by atoms with van der Waals surface area (Å²) < 4.78 is 5.35. The highest BCUT2D eigenvalue weighted by molar-refractivity contribution is 5.77. The van der Waals surface area contributed by atoms with Gasteiger partial charge in [-0.2, -0.15) is 0 Å². The summed E-state index contributed by atoms with van der Waals surface area (Å²) in [5, 5.41) is 8.80. The molecule has 4 nitrogen and oxygen atoms in total. The summed E-state index contributed by atoms with van der Waals surface area (Å²) in [5.74, 6) is 1.02. The number of amides is 1. The average molecular weight is 277 g/mol. The molecular weight excluding hydrogens is 254 g/mol. The minimum absolute atomic E-state index is 0.156. The van der Waals surface area contributed by atoms with Crippen molar-refractivity contribution in [3.05, 3.63) is 29.8 Å². The van der Waals surface area contributed by atoms with Crippen LogP contribution in [0, 0.1) is 0 Å². The van der Waals surface area contributed by atoms with Gasteiger partial charge in [-0.15, -0.1) is 0 Å². The number of aliphatic hydroxyl groups is 1. The van der Waals surface area contributed by atoms with Crippen LogP contribution in [0.5, 0.6) is 5.75 Å². The third-order valence-corrected chi connectivity index (χ3v) is 3.64. The maximum Gasteiger partial charge on any atom is 0.223 e. The van der Waals surface area contributed by atoms with Crippen molar-refractivity contribution in [1.82, 2.24) is 4.90 Å². The van der Waals surface area contributed by atoms with Gasteiger partial charge in [-0.25, -0.2) is 0 Å². The van der Waals surface area contributed by atoms with Gasteiger partial charge in [-0.1, -0.05) is 18.2 Å². The van der Waals surface area contributed by atoms with Crippen LogP contribution in [0.25, 0.3) is 0 Å². The maximum atomic E-state index is 12.3. The topological polar surface area (TPSA) is 49.8 Å². The first-order valence-corrected chi connectivity index (χ1v) is 7.28. The molecule has 1 aromatic rings. The first kappa shape index (κ1) is 14.9. The Morgan fingerprint density at radius 1 is 1.35 bits per heavy atom. The Morgan fingerprint density at radius 3 is 2.75 bits per heavy atom. The largest absolute Gasteiger partial charge is 0.496 e. The third kappa shape index (κ3) is 3.97. The number of rotatable bonds is 8. The summed E-state index contributed by atoms with van der Waals surface area (Å²) in [7, 11) is 1.66. The van der Waals surface area contributed by atoms with Crippen LogP contribution in [-0.2, 0) is 11.3 Å². The highest BCUT2D eigenvalue weighted by Crippen LogP contribution is 2.31. The molecule has 0 spiro atoms. The molecule has 1 amide bonds. The monoisotopic (exact) mass is 277 g/mol. The molecule has 0 bridgehead atoms. The minimum Gasteiger partial charge on any atom is -0.496 e. The second kappa shape index (κ2) is 7.29. The summed E-state index contributed by atoms with van der Waals surface area (Å²) in [6, 6.07) is 8.24. The fourth-order valence-corrected chi connectivity index (χ4v) is 2.36. The van der Waals surface area contributed by atoms with Crippen molar-refractivity contribution in [2.45, 2.75) is 44.7 Å². The van der Waals surface area contributed by atoms with Crippen molar-refractivity contribution in [2.75, 3.05) is 13.7 Å². The molecule has 0 heterocycles. The molecule has 0 aromatic heterocycles. The van der Waals surface area contributed by atoms with E-state index in [0.29, 0.717) is 25.4 Å². The van der Waals surface area contributed by atoms with Crippen molar-refractivity contribution >= 4 is 5.91 Å². The van der Waals surface area contributed by atoms with Gasteiger partial charge in [-0.3, -0.25) is 4.79 Å². The molecule has 0 atom stereocenters. The maximum absolute atomic E-state index is 12.3. The van der Waals surface area contributed by atoms with E-state index in [4.69, 9.17) is 9.84 Å². The zero-order chi connectivity index (χ0) is 14.4. The van der Waals surface area contributed by atoms with E-state index < -0.39 is 0 Å². The van der Waals surface area contributed by atoms with E-state index in [9.17, 15) is 4.79 Å². The Labute approximate surface area is 120 Å². The Hall–Kier alpha value is -1.55. The van der Waals surface area contributed by atoms with Gasteiger partial charge in [-0.05, 0) is 31.7 Å². The molecule has 1 aromatic carbocycles. The van der Waals surface area contributed by atoms with Gasteiger partial charge in [0.15, 0.2) is 0 Å². The molecule has 1 aliphatic carbocycles. The lowest BCUT2D eigenvalue weighted by atomic mass is 10.1. The van der Waals surface area contributed by atoms with Crippen LogP contribution in [0.3, 0.4) is 0 Å². The van der Waals surface area contributed by atoms with Crippen molar-refractivity contribution in [3.63, 3.8) is 0 Å². The molecule has 1 fully saturated rings. The van der Waals surface area contributed by atoms with Crippen molar-refractivity contribution < 1.29 is 14.6 Å². The lowest BCUT2D eigenvalue weighted by Gasteiger charge is -2.23. The predicted molar refractivity (Wildman–Crippen MR) is 77.5 cm³/mol. The lowest BCUT2D eigenvalue weighted by Crippen LogP contribution is -2.32. The van der Waals surface area contributed by atoms with Crippen LogP contribution in [0.4, 0.5) is 0 Å². The minimum atomic E-state index is 0.156. The highest BCUT2D eigenvalue weighted by Gasteiger charge is 2.32. The number of methoxy groups -OCH3 is 1. The number of hydrogen-bond acceptors (Lipinski definition) is 3. The molecule has 2 rings (SSSR count). The van der Waals surface area contributed by atoms with Gasteiger partial charge >= 0.3 is 0 Å². The number of para-hydroxylation sites is 1. The van der Waals surface area contributed by atoms with E-state index in [0.717, 1.165) is 30.6 Å². The Balaban J connectivity index is 2.00. The van der Waals surface area contributed by atoms with Crippen LogP contribution >= 0.6 is 0 Å².